The van der Waals surface area contributed by atoms with E-state index in [9.17, 15) is 0 Å². The van der Waals surface area contributed by atoms with Crippen molar-refractivity contribution in [3.05, 3.63) is 35.4 Å². The molecule has 0 amide bonds. The highest BCUT2D eigenvalue weighted by Crippen LogP contribution is 2.10. The first-order chi connectivity index (χ1) is 7.74. The van der Waals surface area contributed by atoms with Crippen molar-refractivity contribution in [2.45, 2.75) is 38.8 Å². The molecule has 1 aliphatic rings. The van der Waals surface area contributed by atoms with E-state index in [1.54, 1.807) is 0 Å². The molecule has 0 aliphatic carbocycles. The maximum absolute atomic E-state index is 5.64. The molecule has 1 fully saturated rings. The zero-order chi connectivity index (χ0) is 11.4. The van der Waals surface area contributed by atoms with Gasteiger partial charge in [-0.1, -0.05) is 29.8 Å². The Balaban J connectivity index is 1.77. The third kappa shape index (κ3) is 3.32. The van der Waals surface area contributed by atoms with E-state index in [1.807, 2.05) is 0 Å². The number of nitrogens with one attached hydrogen (secondary N) is 1. The summed E-state index contributed by atoms with van der Waals surface area (Å²) in [6.45, 7) is 6.08. The van der Waals surface area contributed by atoms with Crippen molar-refractivity contribution in [3.8, 4) is 0 Å². The summed E-state index contributed by atoms with van der Waals surface area (Å²) in [7, 11) is 0. The Morgan fingerprint density at radius 1 is 1.31 bits per heavy atom. The second-order valence-electron chi connectivity index (χ2n) is 4.77. The van der Waals surface area contributed by atoms with Crippen LogP contribution in [-0.4, -0.2) is 25.3 Å². The predicted octanol–water partition coefficient (Wildman–Crippen LogP) is 2.30. The molecule has 0 radical (unpaired) electrons. The highest BCUT2D eigenvalue weighted by molar-refractivity contribution is 5.21. The number of ether oxygens (including phenoxy) is 1. The monoisotopic (exact) mass is 219 g/mol. The molecule has 0 aromatic heterocycles. The van der Waals surface area contributed by atoms with Gasteiger partial charge in [0.1, 0.15) is 0 Å². The third-order valence-corrected chi connectivity index (χ3v) is 3.18. The molecule has 0 bridgehead atoms. The number of rotatable bonds is 3. The van der Waals surface area contributed by atoms with E-state index in [0.29, 0.717) is 12.1 Å². The van der Waals surface area contributed by atoms with Crippen LogP contribution in [0.2, 0.25) is 0 Å². The first-order valence-corrected chi connectivity index (χ1v) is 6.14. The zero-order valence-electron chi connectivity index (χ0n) is 10.2. The van der Waals surface area contributed by atoms with E-state index >= 15 is 0 Å². The van der Waals surface area contributed by atoms with Gasteiger partial charge in [-0.05, 0) is 32.3 Å². The fourth-order valence-corrected chi connectivity index (χ4v) is 2.01. The fourth-order valence-electron chi connectivity index (χ4n) is 2.01. The minimum atomic E-state index is 0.371. The molecule has 1 aliphatic heterocycles. The van der Waals surface area contributed by atoms with Crippen LogP contribution < -0.4 is 5.32 Å². The van der Waals surface area contributed by atoms with Crippen LogP contribution in [0.5, 0.6) is 0 Å². The van der Waals surface area contributed by atoms with Crippen molar-refractivity contribution >= 4 is 0 Å². The Bertz CT molecular complexity index is 312. The largest absolute Gasteiger partial charge is 0.376 e. The second-order valence-corrected chi connectivity index (χ2v) is 4.77. The van der Waals surface area contributed by atoms with E-state index in [-0.39, 0.29) is 0 Å². The maximum Gasteiger partial charge on any atom is 0.0672 e. The summed E-state index contributed by atoms with van der Waals surface area (Å²) in [5.41, 5.74) is 2.75. The van der Waals surface area contributed by atoms with Crippen molar-refractivity contribution in [3.63, 3.8) is 0 Å². The van der Waals surface area contributed by atoms with Gasteiger partial charge >= 0.3 is 0 Å². The lowest BCUT2D eigenvalue weighted by atomic mass is 10.0. The van der Waals surface area contributed by atoms with Crippen molar-refractivity contribution < 1.29 is 4.74 Å². The second kappa shape index (κ2) is 5.46. The van der Waals surface area contributed by atoms with Crippen LogP contribution in [0.4, 0.5) is 0 Å². The lowest BCUT2D eigenvalue weighted by Crippen LogP contribution is -2.45. The van der Waals surface area contributed by atoms with Crippen LogP contribution in [0.25, 0.3) is 0 Å². The highest BCUT2D eigenvalue weighted by atomic mass is 16.5. The smallest absolute Gasteiger partial charge is 0.0672 e. The van der Waals surface area contributed by atoms with Gasteiger partial charge in [-0.2, -0.15) is 0 Å². The average molecular weight is 219 g/mol. The average Bonchev–Trinajstić information content (AvgIpc) is 2.30. The summed E-state index contributed by atoms with van der Waals surface area (Å²) in [5.74, 6) is 0. The lowest BCUT2D eigenvalue weighted by molar-refractivity contribution is 0.0136. The molecule has 2 rings (SSSR count). The lowest BCUT2D eigenvalue weighted by Gasteiger charge is -2.28. The summed E-state index contributed by atoms with van der Waals surface area (Å²) in [4.78, 5) is 0. The summed E-state index contributed by atoms with van der Waals surface area (Å²) in [5, 5.41) is 3.53. The molecular formula is C14H21NO. The Morgan fingerprint density at radius 3 is 2.69 bits per heavy atom. The van der Waals surface area contributed by atoms with Crippen molar-refractivity contribution in [1.82, 2.24) is 5.32 Å². The van der Waals surface area contributed by atoms with Gasteiger partial charge in [0.15, 0.2) is 0 Å². The van der Waals surface area contributed by atoms with Gasteiger partial charge in [0.05, 0.1) is 12.7 Å². The summed E-state index contributed by atoms with van der Waals surface area (Å²) in [6, 6.07) is 9.34. The van der Waals surface area contributed by atoms with Crippen molar-refractivity contribution in [2.75, 3.05) is 13.2 Å². The van der Waals surface area contributed by atoms with Gasteiger partial charge in [-0.15, -0.1) is 0 Å². The normalized spacial score (nSPS) is 25.6. The Hall–Kier alpha value is -0.860. The summed E-state index contributed by atoms with van der Waals surface area (Å²) in [6.07, 6.45) is 2.67. The van der Waals surface area contributed by atoms with Gasteiger partial charge in [-0.3, -0.25) is 0 Å². The van der Waals surface area contributed by atoms with Gasteiger partial charge < -0.3 is 10.1 Å². The van der Waals surface area contributed by atoms with Crippen LogP contribution in [-0.2, 0) is 11.2 Å². The first-order valence-electron chi connectivity index (χ1n) is 6.14. The summed E-state index contributed by atoms with van der Waals surface area (Å²) >= 11 is 0. The summed E-state index contributed by atoms with van der Waals surface area (Å²) < 4.78 is 5.64. The Kier molecular flexibility index (Phi) is 3.97. The molecule has 2 atom stereocenters. The number of aryl methyl sites for hydroxylation is 2. The molecule has 0 spiro atoms. The van der Waals surface area contributed by atoms with E-state index in [2.05, 4.69) is 43.4 Å². The fraction of sp³-hybridized carbons (Fsp3) is 0.571. The molecule has 2 unspecified atom stereocenters. The van der Waals surface area contributed by atoms with Gasteiger partial charge in [-0.25, -0.2) is 0 Å². The van der Waals surface area contributed by atoms with Crippen molar-refractivity contribution in [2.24, 2.45) is 0 Å². The molecule has 16 heavy (non-hydrogen) atoms. The maximum atomic E-state index is 5.64. The molecular weight excluding hydrogens is 198 g/mol. The van der Waals surface area contributed by atoms with E-state index < -0.39 is 0 Å². The number of morpholine rings is 1. The molecule has 1 aromatic carbocycles. The van der Waals surface area contributed by atoms with Gasteiger partial charge in [0.25, 0.3) is 0 Å². The molecule has 1 N–H and O–H groups in total. The first kappa shape index (κ1) is 11.6. The molecule has 2 nitrogen and oxygen atoms in total. The van der Waals surface area contributed by atoms with Gasteiger partial charge in [0.2, 0.25) is 0 Å². The van der Waals surface area contributed by atoms with Crippen LogP contribution in [0.3, 0.4) is 0 Å². The van der Waals surface area contributed by atoms with Crippen LogP contribution in [0.15, 0.2) is 24.3 Å². The van der Waals surface area contributed by atoms with E-state index in [1.165, 1.54) is 11.1 Å². The molecule has 1 saturated heterocycles. The van der Waals surface area contributed by atoms with Crippen molar-refractivity contribution in [1.29, 1.82) is 0 Å². The SMILES string of the molecule is Cc1ccc(CCC2COC(C)CN2)cc1. The van der Waals surface area contributed by atoms with Crippen LogP contribution in [0, 0.1) is 6.92 Å². The number of hydrogen-bond acceptors (Lipinski definition) is 2. The topological polar surface area (TPSA) is 21.3 Å². The van der Waals surface area contributed by atoms with Crippen LogP contribution in [0.1, 0.15) is 24.5 Å². The minimum Gasteiger partial charge on any atom is -0.376 e. The quantitative estimate of drug-likeness (QED) is 0.842. The zero-order valence-corrected chi connectivity index (χ0v) is 10.2. The molecule has 88 valence electrons. The van der Waals surface area contributed by atoms with E-state index in [4.69, 9.17) is 4.74 Å². The molecule has 1 aromatic rings. The predicted molar refractivity (Wildman–Crippen MR) is 66.7 cm³/mol. The standard InChI is InChI=1S/C14H21NO/c1-11-3-5-13(6-4-11)7-8-14-10-16-12(2)9-15-14/h3-6,12,14-15H,7-10H2,1-2H3. The molecule has 0 saturated carbocycles. The Labute approximate surface area is 98.0 Å². The third-order valence-electron chi connectivity index (χ3n) is 3.18. The van der Waals surface area contributed by atoms with Gasteiger partial charge in [0, 0.05) is 12.6 Å². The van der Waals surface area contributed by atoms with Crippen LogP contribution >= 0.6 is 0 Å². The number of hydrogen-bond donors (Lipinski definition) is 1. The van der Waals surface area contributed by atoms with E-state index in [0.717, 1.165) is 26.0 Å². The molecule has 1 heterocycles. The highest BCUT2D eigenvalue weighted by Gasteiger charge is 2.17. The Morgan fingerprint density at radius 2 is 2.06 bits per heavy atom. The number of benzene rings is 1. The minimum absolute atomic E-state index is 0.371. The molecule has 2 heteroatoms.